The van der Waals surface area contributed by atoms with Gasteiger partial charge in [0.2, 0.25) is 0 Å². The van der Waals surface area contributed by atoms with Gasteiger partial charge in [0.15, 0.2) is 0 Å². The number of thiocarbonyl (C=S) groups is 1. The third-order valence-corrected chi connectivity index (χ3v) is 3.18. The molecule has 0 fully saturated rings. The average molecular weight is 343 g/mol. The summed E-state index contributed by atoms with van der Waals surface area (Å²) < 4.78 is 6.69. The Kier molecular flexibility index (Phi) is 4.22. The summed E-state index contributed by atoms with van der Waals surface area (Å²) >= 11 is 14.3. The van der Waals surface area contributed by atoms with Gasteiger partial charge in [0.05, 0.1) is 5.56 Å². The molecule has 0 saturated carbocycles. The Bertz CT molecular complexity index is 603. The van der Waals surface area contributed by atoms with E-state index < -0.39 is 0 Å². The minimum Gasteiger partial charge on any atom is -0.457 e. The highest BCUT2D eigenvalue weighted by molar-refractivity contribution is 9.10. The van der Waals surface area contributed by atoms with Crippen molar-refractivity contribution in [1.29, 1.82) is 0 Å². The maximum atomic E-state index is 5.91. The zero-order chi connectivity index (χ0) is 13.1. The van der Waals surface area contributed by atoms with Crippen molar-refractivity contribution >= 4 is 44.7 Å². The Balaban J connectivity index is 2.37. The second-order valence-electron chi connectivity index (χ2n) is 3.56. The molecule has 0 heterocycles. The van der Waals surface area contributed by atoms with Crippen molar-refractivity contribution in [3.05, 3.63) is 57.5 Å². The molecule has 2 aromatic rings. The Morgan fingerprint density at radius 2 is 2.00 bits per heavy atom. The Labute approximate surface area is 124 Å². The SMILES string of the molecule is NC(=S)c1cc(Cl)ccc1Oc1cccc(Br)c1. The van der Waals surface area contributed by atoms with Crippen molar-refractivity contribution in [2.75, 3.05) is 0 Å². The molecular weight excluding hydrogens is 334 g/mol. The van der Waals surface area contributed by atoms with Crippen LogP contribution in [-0.2, 0) is 0 Å². The highest BCUT2D eigenvalue weighted by atomic mass is 79.9. The van der Waals surface area contributed by atoms with E-state index in [2.05, 4.69) is 15.9 Å². The van der Waals surface area contributed by atoms with E-state index in [4.69, 9.17) is 34.3 Å². The largest absolute Gasteiger partial charge is 0.457 e. The smallest absolute Gasteiger partial charge is 0.137 e. The van der Waals surface area contributed by atoms with Gasteiger partial charge >= 0.3 is 0 Å². The first kappa shape index (κ1) is 13.3. The van der Waals surface area contributed by atoms with E-state index in [1.807, 2.05) is 24.3 Å². The van der Waals surface area contributed by atoms with Gasteiger partial charge in [-0.2, -0.15) is 0 Å². The van der Waals surface area contributed by atoms with E-state index in [1.54, 1.807) is 18.2 Å². The molecule has 0 aromatic heterocycles. The molecule has 92 valence electrons. The Morgan fingerprint density at radius 1 is 1.22 bits per heavy atom. The van der Waals surface area contributed by atoms with Crippen LogP contribution >= 0.6 is 39.7 Å². The monoisotopic (exact) mass is 341 g/mol. The second-order valence-corrected chi connectivity index (χ2v) is 5.36. The van der Waals surface area contributed by atoms with Gasteiger partial charge in [-0.15, -0.1) is 0 Å². The number of hydrogen-bond acceptors (Lipinski definition) is 2. The lowest BCUT2D eigenvalue weighted by atomic mass is 10.2. The first-order chi connectivity index (χ1) is 8.56. The zero-order valence-electron chi connectivity index (χ0n) is 9.19. The van der Waals surface area contributed by atoms with Gasteiger partial charge in [-0.05, 0) is 36.4 Å². The number of ether oxygens (including phenoxy) is 1. The van der Waals surface area contributed by atoms with Crippen LogP contribution in [0.5, 0.6) is 11.5 Å². The van der Waals surface area contributed by atoms with E-state index in [0.717, 1.165) is 4.47 Å². The van der Waals surface area contributed by atoms with Crippen LogP contribution in [-0.4, -0.2) is 4.99 Å². The summed E-state index contributed by atoms with van der Waals surface area (Å²) in [6.07, 6.45) is 0. The minimum absolute atomic E-state index is 0.252. The van der Waals surface area contributed by atoms with Gasteiger partial charge in [0, 0.05) is 9.50 Å². The van der Waals surface area contributed by atoms with Gasteiger partial charge in [-0.1, -0.05) is 45.8 Å². The normalized spacial score (nSPS) is 10.1. The molecule has 0 aliphatic rings. The third-order valence-electron chi connectivity index (χ3n) is 2.23. The molecule has 0 aliphatic heterocycles. The van der Waals surface area contributed by atoms with Gasteiger partial charge in [0.25, 0.3) is 0 Å². The Hall–Kier alpha value is -1.10. The van der Waals surface area contributed by atoms with Crippen LogP contribution < -0.4 is 10.5 Å². The predicted molar refractivity (Wildman–Crippen MR) is 81.6 cm³/mol. The van der Waals surface area contributed by atoms with E-state index in [1.165, 1.54) is 0 Å². The fraction of sp³-hybridized carbons (Fsp3) is 0. The van der Waals surface area contributed by atoms with Gasteiger partial charge in [0.1, 0.15) is 16.5 Å². The maximum Gasteiger partial charge on any atom is 0.137 e. The molecule has 0 atom stereocenters. The summed E-state index contributed by atoms with van der Waals surface area (Å²) in [7, 11) is 0. The third kappa shape index (κ3) is 3.22. The fourth-order valence-electron chi connectivity index (χ4n) is 1.44. The first-order valence-electron chi connectivity index (χ1n) is 5.09. The molecule has 0 radical (unpaired) electrons. The summed E-state index contributed by atoms with van der Waals surface area (Å²) in [5, 5.41) is 0.569. The van der Waals surface area contributed by atoms with Crippen LogP contribution in [0.2, 0.25) is 5.02 Å². The van der Waals surface area contributed by atoms with Crippen LogP contribution in [0.4, 0.5) is 0 Å². The van der Waals surface area contributed by atoms with E-state index in [9.17, 15) is 0 Å². The first-order valence-corrected chi connectivity index (χ1v) is 6.67. The second kappa shape index (κ2) is 5.69. The summed E-state index contributed by atoms with van der Waals surface area (Å²) in [5.74, 6) is 1.29. The van der Waals surface area contributed by atoms with Crippen molar-refractivity contribution < 1.29 is 4.74 Å². The van der Waals surface area contributed by atoms with Crippen molar-refractivity contribution in [1.82, 2.24) is 0 Å². The topological polar surface area (TPSA) is 35.2 Å². The number of nitrogens with two attached hydrogens (primary N) is 1. The van der Waals surface area contributed by atoms with E-state index in [-0.39, 0.29) is 4.99 Å². The van der Waals surface area contributed by atoms with E-state index >= 15 is 0 Å². The molecule has 18 heavy (non-hydrogen) atoms. The summed E-state index contributed by atoms with van der Waals surface area (Å²) in [4.78, 5) is 0.252. The van der Waals surface area contributed by atoms with Crippen LogP contribution in [0.25, 0.3) is 0 Å². The van der Waals surface area contributed by atoms with Crippen LogP contribution in [0, 0.1) is 0 Å². The standard InChI is InChI=1S/C13H9BrClNOS/c14-8-2-1-3-10(6-8)17-12-5-4-9(15)7-11(12)13(16)18/h1-7H,(H2,16,18). The summed E-state index contributed by atoms with van der Waals surface area (Å²) in [6.45, 7) is 0. The number of halogens is 2. The summed E-state index contributed by atoms with van der Waals surface area (Å²) in [6, 6.07) is 12.7. The highest BCUT2D eigenvalue weighted by Crippen LogP contribution is 2.29. The van der Waals surface area contributed by atoms with Crippen molar-refractivity contribution in [3.63, 3.8) is 0 Å². The van der Waals surface area contributed by atoms with Gasteiger partial charge < -0.3 is 10.5 Å². The molecule has 0 saturated heterocycles. The minimum atomic E-state index is 0.252. The van der Waals surface area contributed by atoms with Gasteiger partial charge in [-0.25, -0.2) is 0 Å². The van der Waals surface area contributed by atoms with Gasteiger partial charge in [-0.3, -0.25) is 0 Å². The fourth-order valence-corrected chi connectivity index (χ4v) is 2.15. The lowest BCUT2D eigenvalue weighted by Gasteiger charge is -2.10. The zero-order valence-corrected chi connectivity index (χ0v) is 12.3. The molecular formula is C13H9BrClNOS. The van der Waals surface area contributed by atoms with E-state index in [0.29, 0.717) is 22.1 Å². The van der Waals surface area contributed by atoms with Crippen LogP contribution in [0.3, 0.4) is 0 Å². The maximum absolute atomic E-state index is 5.91. The number of benzene rings is 2. The Morgan fingerprint density at radius 3 is 2.67 bits per heavy atom. The summed E-state index contributed by atoms with van der Waals surface area (Å²) in [5.41, 5.74) is 6.27. The molecule has 2 nitrogen and oxygen atoms in total. The quantitative estimate of drug-likeness (QED) is 0.832. The molecule has 0 amide bonds. The molecule has 2 aromatic carbocycles. The molecule has 0 bridgehead atoms. The molecule has 0 aliphatic carbocycles. The van der Waals surface area contributed by atoms with Crippen molar-refractivity contribution in [2.45, 2.75) is 0 Å². The number of hydrogen-bond donors (Lipinski definition) is 1. The number of rotatable bonds is 3. The molecule has 5 heteroatoms. The predicted octanol–water partition coefficient (Wildman–Crippen LogP) is 4.53. The lowest BCUT2D eigenvalue weighted by molar-refractivity contribution is 0.481. The average Bonchev–Trinajstić information content (AvgIpc) is 2.31. The van der Waals surface area contributed by atoms with Crippen LogP contribution in [0.1, 0.15) is 5.56 Å². The molecule has 2 N–H and O–H groups in total. The molecule has 2 rings (SSSR count). The molecule has 0 spiro atoms. The van der Waals surface area contributed by atoms with Crippen molar-refractivity contribution in [3.8, 4) is 11.5 Å². The van der Waals surface area contributed by atoms with Crippen LogP contribution in [0.15, 0.2) is 46.9 Å². The lowest BCUT2D eigenvalue weighted by Crippen LogP contribution is -2.10. The van der Waals surface area contributed by atoms with Crippen molar-refractivity contribution in [2.24, 2.45) is 5.73 Å². The highest BCUT2D eigenvalue weighted by Gasteiger charge is 2.08. The molecule has 0 unspecified atom stereocenters.